The minimum atomic E-state index is 0.205. The lowest BCUT2D eigenvalue weighted by molar-refractivity contribution is 0.0983. The summed E-state index contributed by atoms with van der Waals surface area (Å²) in [5.41, 5.74) is 1.68. The molecule has 0 aliphatic carbocycles. The first-order valence-electron chi connectivity index (χ1n) is 5.20. The van der Waals surface area contributed by atoms with Crippen molar-refractivity contribution in [3.05, 3.63) is 42.1 Å². The van der Waals surface area contributed by atoms with Gasteiger partial charge in [0.1, 0.15) is 0 Å². The number of carbonyl (C=O) groups excluding carboxylic acids is 1. The SMILES string of the molecule is CCCC(=O)c1cccc2ncccc12. The zero-order chi connectivity index (χ0) is 10.7. The van der Waals surface area contributed by atoms with Gasteiger partial charge in [0.15, 0.2) is 5.78 Å². The number of benzene rings is 1. The lowest BCUT2D eigenvalue weighted by Crippen LogP contribution is -1.99. The number of hydrogen-bond donors (Lipinski definition) is 0. The molecule has 0 amide bonds. The van der Waals surface area contributed by atoms with Crippen LogP contribution >= 0.6 is 0 Å². The van der Waals surface area contributed by atoms with E-state index in [-0.39, 0.29) is 5.78 Å². The molecule has 0 unspecified atom stereocenters. The fourth-order valence-electron chi connectivity index (χ4n) is 1.71. The number of rotatable bonds is 3. The number of fused-ring (bicyclic) bond motifs is 1. The Morgan fingerprint density at radius 1 is 1.27 bits per heavy atom. The van der Waals surface area contributed by atoms with Crippen LogP contribution in [0.3, 0.4) is 0 Å². The summed E-state index contributed by atoms with van der Waals surface area (Å²) in [5.74, 6) is 0.205. The van der Waals surface area contributed by atoms with Gasteiger partial charge in [-0.3, -0.25) is 9.78 Å². The molecule has 0 atom stereocenters. The molecule has 0 spiro atoms. The molecule has 1 aromatic heterocycles. The number of pyridine rings is 1. The molecule has 0 radical (unpaired) electrons. The normalized spacial score (nSPS) is 10.5. The average Bonchev–Trinajstić information content (AvgIpc) is 2.28. The third-order valence-electron chi connectivity index (χ3n) is 2.42. The highest BCUT2D eigenvalue weighted by Crippen LogP contribution is 2.18. The summed E-state index contributed by atoms with van der Waals surface area (Å²) in [6.45, 7) is 2.02. The van der Waals surface area contributed by atoms with E-state index in [2.05, 4.69) is 4.98 Å². The van der Waals surface area contributed by atoms with Crippen LogP contribution in [0.2, 0.25) is 0 Å². The largest absolute Gasteiger partial charge is 0.294 e. The molecule has 2 nitrogen and oxygen atoms in total. The number of aromatic nitrogens is 1. The van der Waals surface area contributed by atoms with E-state index in [0.29, 0.717) is 6.42 Å². The molecule has 0 saturated carbocycles. The standard InChI is InChI=1S/C13H13NO/c1-2-5-13(15)11-6-3-8-12-10(11)7-4-9-14-12/h3-4,6-9H,2,5H2,1H3. The van der Waals surface area contributed by atoms with E-state index < -0.39 is 0 Å². The summed E-state index contributed by atoms with van der Waals surface area (Å²) in [5, 5.41) is 0.957. The van der Waals surface area contributed by atoms with Crippen LogP contribution in [-0.4, -0.2) is 10.8 Å². The van der Waals surface area contributed by atoms with Crippen LogP contribution < -0.4 is 0 Å². The molecule has 2 rings (SSSR count). The third-order valence-corrected chi connectivity index (χ3v) is 2.42. The van der Waals surface area contributed by atoms with Gasteiger partial charge in [-0.25, -0.2) is 0 Å². The van der Waals surface area contributed by atoms with Gasteiger partial charge in [-0.15, -0.1) is 0 Å². The fourth-order valence-corrected chi connectivity index (χ4v) is 1.71. The van der Waals surface area contributed by atoms with Crippen molar-refractivity contribution in [3.8, 4) is 0 Å². The molecular formula is C13H13NO. The molecular weight excluding hydrogens is 186 g/mol. The highest BCUT2D eigenvalue weighted by atomic mass is 16.1. The van der Waals surface area contributed by atoms with E-state index >= 15 is 0 Å². The van der Waals surface area contributed by atoms with Gasteiger partial charge in [-0.2, -0.15) is 0 Å². The number of hydrogen-bond acceptors (Lipinski definition) is 2. The maximum atomic E-state index is 11.8. The average molecular weight is 199 g/mol. The Morgan fingerprint density at radius 3 is 2.93 bits per heavy atom. The van der Waals surface area contributed by atoms with Crippen LogP contribution in [0.4, 0.5) is 0 Å². The Morgan fingerprint density at radius 2 is 2.13 bits per heavy atom. The fraction of sp³-hybridized carbons (Fsp3) is 0.231. The van der Waals surface area contributed by atoms with Gasteiger partial charge in [-0.05, 0) is 18.6 Å². The minimum absolute atomic E-state index is 0.205. The number of carbonyl (C=O) groups is 1. The van der Waals surface area contributed by atoms with Crippen molar-refractivity contribution in [2.24, 2.45) is 0 Å². The molecule has 2 aromatic rings. The lowest BCUT2D eigenvalue weighted by atomic mass is 10.0. The van der Waals surface area contributed by atoms with E-state index in [1.165, 1.54) is 0 Å². The monoisotopic (exact) mass is 199 g/mol. The molecule has 76 valence electrons. The maximum absolute atomic E-state index is 11.8. The smallest absolute Gasteiger partial charge is 0.163 e. The summed E-state index contributed by atoms with van der Waals surface area (Å²) in [4.78, 5) is 16.1. The van der Waals surface area contributed by atoms with Crippen molar-refractivity contribution >= 4 is 16.7 Å². The van der Waals surface area contributed by atoms with Crippen LogP contribution in [-0.2, 0) is 0 Å². The predicted molar refractivity (Wildman–Crippen MR) is 61.0 cm³/mol. The zero-order valence-corrected chi connectivity index (χ0v) is 8.73. The number of nitrogens with zero attached hydrogens (tertiary/aromatic N) is 1. The Kier molecular flexibility index (Phi) is 2.77. The quantitative estimate of drug-likeness (QED) is 0.710. The molecule has 15 heavy (non-hydrogen) atoms. The Balaban J connectivity index is 2.56. The van der Waals surface area contributed by atoms with Crippen molar-refractivity contribution in [2.45, 2.75) is 19.8 Å². The van der Waals surface area contributed by atoms with Crippen molar-refractivity contribution in [3.63, 3.8) is 0 Å². The first-order valence-corrected chi connectivity index (χ1v) is 5.20. The highest BCUT2D eigenvalue weighted by Gasteiger charge is 2.08. The molecule has 0 aliphatic rings. The van der Waals surface area contributed by atoms with E-state index in [1.807, 2.05) is 37.3 Å². The van der Waals surface area contributed by atoms with Crippen LogP contribution in [0, 0.1) is 0 Å². The zero-order valence-electron chi connectivity index (χ0n) is 8.73. The van der Waals surface area contributed by atoms with Crippen LogP contribution in [0.1, 0.15) is 30.1 Å². The summed E-state index contributed by atoms with van der Waals surface area (Å²) >= 11 is 0. The molecule has 0 aliphatic heterocycles. The second-order valence-corrected chi connectivity index (χ2v) is 3.55. The van der Waals surface area contributed by atoms with E-state index in [1.54, 1.807) is 6.20 Å². The minimum Gasteiger partial charge on any atom is -0.294 e. The van der Waals surface area contributed by atoms with E-state index in [9.17, 15) is 4.79 Å². The van der Waals surface area contributed by atoms with Crippen molar-refractivity contribution in [1.29, 1.82) is 0 Å². The van der Waals surface area contributed by atoms with Crippen molar-refractivity contribution in [1.82, 2.24) is 4.98 Å². The summed E-state index contributed by atoms with van der Waals surface area (Å²) < 4.78 is 0. The highest BCUT2D eigenvalue weighted by molar-refractivity contribution is 6.07. The topological polar surface area (TPSA) is 30.0 Å². The number of ketones is 1. The van der Waals surface area contributed by atoms with Gasteiger partial charge in [0, 0.05) is 23.6 Å². The summed E-state index contributed by atoms with van der Waals surface area (Å²) in [7, 11) is 0. The second kappa shape index (κ2) is 4.22. The van der Waals surface area contributed by atoms with Gasteiger partial charge in [0.05, 0.1) is 5.52 Å². The van der Waals surface area contributed by atoms with Crippen LogP contribution in [0.15, 0.2) is 36.5 Å². The molecule has 0 saturated heterocycles. The first kappa shape index (κ1) is 9.84. The Hall–Kier alpha value is -1.70. The Bertz CT molecular complexity index is 485. The van der Waals surface area contributed by atoms with E-state index in [0.717, 1.165) is 22.9 Å². The van der Waals surface area contributed by atoms with Crippen LogP contribution in [0.25, 0.3) is 10.9 Å². The van der Waals surface area contributed by atoms with Gasteiger partial charge in [0.2, 0.25) is 0 Å². The maximum Gasteiger partial charge on any atom is 0.163 e. The summed E-state index contributed by atoms with van der Waals surface area (Å²) in [6.07, 6.45) is 3.24. The molecule has 0 fully saturated rings. The van der Waals surface area contributed by atoms with Gasteiger partial charge in [-0.1, -0.05) is 25.1 Å². The van der Waals surface area contributed by atoms with Gasteiger partial charge < -0.3 is 0 Å². The molecule has 1 heterocycles. The van der Waals surface area contributed by atoms with Crippen LogP contribution in [0.5, 0.6) is 0 Å². The number of Topliss-reactive ketones (excluding diaryl/α,β-unsaturated/α-hetero) is 1. The second-order valence-electron chi connectivity index (χ2n) is 3.55. The van der Waals surface area contributed by atoms with E-state index in [4.69, 9.17) is 0 Å². The van der Waals surface area contributed by atoms with Crippen molar-refractivity contribution in [2.75, 3.05) is 0 Å². The molecule has 0 bridgehead atoms. The van der Waals surface area contributed by atoms with Crippen molar-refractivity contribution < 1.29 is 4.79 Å². The predicted octanol–water partition coefficient (Wildman–Crippen LogP) is 3.22. The van der Waals surface area contributed by atoms with Gasteiger partial charge in [0.25, 0.3) is 0 Å². The van der Waals surface area contributed by atoms with Gasteiger partial charge >= 0.3 is 0 Å². The lowest BCUT2D eigenvalue weighted by Gasteiger charge is -2.03. The first-order chi connectivity index (χ1) is 7.33. The Labute approximate surface area is 89.0 Å². The molecule has 0 N–H and O–H groups in total. The molecule has 2 heteroatoms. The third kappa shape index (κ3) is 1.89. The molecule has 1 aromatic carbocycles. The summed E-state index contributed by atoms with van der Waals surface area (Å²) in [6, 6.07) is 9.51.